The van der Waals surface area contributed by atoms with Crippen LogP contribution in [0.3, 0.4) is 0 Å². The van der Waals surface area contributed by atoms with Crippen molar-refractivity contribution in [2.75, 3.05) is 0 Å². The molecule has 0 bridgehead atoms. The van der Waals surface area contributed by atoms with E-state index in [-0.39, 0.29) is 5.69 Å². The van der Waals surface area contributed by atoms with Crippen LogP contribution in [-0.4, -0.2) is 14.9 Å². The second kappa shape index (κ2) is 4.55. The first-order chi connectivity index (χ1) is 9.13. The number of aromatic nitrogens is 2. The number of hydrogen-bond donors (Lipinski definition) is 1. The van der Waals surface area contributed by atoms with E-state index in [9.17, 15) is 10.1 Å². The van der Waals surface area contributed by atoms with Gasteiger partial charge in [-0.1, -0.05) is 12.2 Å². The van der Waals surface area contributed by atoms with E-state index >= 15 is 0 Å². The molecule has 0 amide bonds. The molecule has 0 radical (unpaired) electrons. The van der Waals surface area contributed by atoms with Gasteiger partial charge in [-0.3, -0.25) is 10.1 Å². The zero-order chi connectivity index (χ0) is 13.4. The monoisotopic (exact) mass is 273 g/mol. The molecule has 1 aromatic carbocycles. The predicted molar refractivity (Wildman–Crippen MR) is 73.5 cm³/mol. The number of H-pyrrole nitrogens is 1. The molecular weight excluding hydrogens is 262 g/mol. The molecule has 1 fully saturated rings. The molecule has 2 aromatic rings. The minimum atomic E-state index is -0.417. The van der Waals surface area contributed by atoms with Crippen LogP contribution in [0.2, 0.25) is 0 Å². The summed E-state index contributed by atoms with van der Waals surface area (Å²) in [5.41, 5.74) is 1.98. The summed E-state index contributed by atoms with van der Waals surface area (Å²) < 4.78 is 0.550. The van der Waals surface area contributed by atoms with E-state index in [1.807, 2.05) is 6.07 Å². The van der Waals surface area contributed by atoms with Gasteiger partial charge in [-0.2, -0.15) is 0 Å². The third kappa shape index (κ3) is 2.53. The first-order valence-corrected chi connectivity index (χ1v) is 6.40. The number of nitro groups is 1. The van der Waals surface area contributed by atoms with Gasteiger partial charge in [0.05, 0.1) is 4.92 Å². The molecule has 96 valence electrons. The minimum absolute atomic E-state index is 0.0701. The van der Waals surface area contributed by atoms with Crippen molar-refractivity contribution >= 4 is 17.9 Å². The zero-order valence-corrected chi connectivity index (χ0v) is 10.8. The Morgan fingerprint density at radius 2 is 2.00 bits per heavy atom. The number of hydrogen-bond acceptors (Lipinski definition) is 4. The second-order valence-corrected chi connectivity index (χ2v) is 5.02. The summed E-state index contributed by atoms with van der Waals surface area (Å²) in [5, 5.41) is 10.6. The summed E-state index contributed by atoms with van der Waals surface area (Å²) in [6.45, 7) is 0. The first-order valence-electron chi connectivity index (χ1n) is 5.99. The maximum Gasteiger partial charge on any atom is 0.269 e. The molecule has 1 aliphatic rings. The van der Waals surface area contributed by atoms with Gasteiger partial charge in [-0.25, -0.2) is 4.98 Å². The van der Waals surface area contributed by atoms with Crippen LogP contribution in [0, 0.1) is 14.8 Å². The molecule has 0 spiro atoms. The summed E-state index contributed by atoms with van der Waals surface area (Å²) in [6, 6.07) is 8.20. The molecule has 0 unspecified atom stereocenters. The van der Waals surface area contributed by atoms with Crippen molar-refractivity contribution in [2.24, 2.45) is 0 Å². The number of rotatable bonds is 3. The SMILES string of the molecule is O=[N+]([O-])c1ccc(-c2nc(=S)cc(C3CC3)[nH]2)cc1. The Kier molecular flexibility index (Phi) is 2.87. The van der Waals surface area contributed by atoms with Gasteiger partial charge in [0.15, 0.2) is 0 Å². The Morgan fingerprint density at radius 1 is 1.32 bits per heavy atom. The highest BCUT2D eigenvalue weighted by Crippen LogP contribution is 2.39. The molecule has 0 aliphatic heterocycles. The van der Waals surface area contributed by atoms with Gasteiger partial charge < -0.3 is 4.98 Å². The molecule has 1 N–H and O–H groups in total. The molecule has 1 aromatic heterocycles. The Labute approximate surface area is 114 Å². The second-order valence-electron chi connectivity index (χ2n) is 4.60. The van der Waals surface area contributed by atoms with Gasteiger partial charge in [0.2, 0.25) is 0 Å². The average molecular weight is 273 g/mol. The number of nitrogens with one attached hydrogen (secondary N) is 1. The summed E-state index contributed by atoms with van der Waals surface area (Å²) in [6.07, 6.45) is 2.35. The van der Waals surface area contributed by atoms with Crippen LogP contribution in [0.25, 0.3) is 11.4 Å². The topological polar surface area (TPSA) is 71.8 Å². The molecule has 6 heteroatoms. The molecular formula is C13H11N3O2S. The van der Waals surface area contributed by atoms with Gasteiger partial charge in [0.1, 0.15) is 10.5 Å². The first kappa shape index (κ1) is 12.0. The third-order valence-corrected chi connectivity index (χ3v) is 3.34. The van der Waals surface area contributed by atoms with Crippen LogP contribution in [0.4, 0.5) is 5.69 Å². The highest BCUT2D eigenvalue weighted by molar-refractivity contribution is 7.71. The lowest BCUT2D eigenvalue weighted by Crippen LogP contribution is -1.95. The maximum atomic E-state index is 10.6. The summed E-state index contributed by atoms with van der Waals surface area (Å²) >= 11 is 5.16. The molecule has 0 saturated heterocycles. The van der Waals surface area contributed by atoms with Crippen LogP contribution >= 0.6 is 12.2 Å². The van der Waals surface area contributed by atoms with Crippen LogP contribution < -0.4 is 0 Å². The van der Waals surface area contributed by atoms with E-state index in [0.717, 1.165) is 11.3 Å². The summed E-state index contributed by atoms with van der Waals surface area (Å²) in [5.74, 6) is 1.23. The Bertz CT molecular complexity index is 690. The average Bonchev–Trinajstić information content (AvgIpc) is 3.22. The standard InChI is InChI=1S/C13H11N3O2S/c17-16(18)10-5-3-9(4-6-10)13-14-11(8-1-2-8)7-12(19)15-13/h3-8H,1-2H2,(H,14,15,19). The normalized spacial score (nSPS) is 14.3. The van der Waals surface area contributed by atoms with Crippen LogP contribution in [0.15, 0.2) is 30.3 Å². The maximum absolute atomic E-state index is 10.6. The molecule has 19 heavy (non-hydrogen) atoms. The molecule has 0 atom stereocenters. The van der Waals surface area contributed by atoms with Crippen molar-refractivity contribution in [2.45, 2.75) is 18.8 Å². The third-order valence-electron chi connectivity index (χ3n) is 3.13. The summed E-state index contributed by atoms with van der Waals surface area (Å²) in [4.78, 5) is 17.7. The fourth-order valence-electron chi connectivity index (χ4n) is 1.97. The van der Waals surface area contributed by atoms with E-state index in [0.29, 0.717) is 16.4 Å². The van der Waals surface area contributed by atoms with E-state index in [4.69, 9.17) is 12.2 Å². The van der Waals surface area contributed by atoms with E-state index < -0.39 is 4.92 Å². The molecule has 1 aliphatic carbocycles. The van der Waals surface area contributed by atoms with Crippen molar-refractivity contribution in [3.05, 3.63) is 50.8 Å². The molecule has 5 nitrogen and oxygen atoms in total. The van der Waals surface area contributed by atoms with Crippen molar-refractivity contribution in [1.29, 1.82) is 0 Å². The lowest BCUT2D eigenvalue weighted by atomic mass is 10.2. The van der Waals surface area contributed by atoms with Gasteiger partial charge in [0.25, 0.3) is 5.69 Å². The number of nitro benzene ring substituents is 1. The number of nitrogens with zero attached hydrogens (tertiary/aromatic N) is 2. The fourth-order valence-corrected chi connectivity index (χ4v) is 2.19. The van der Waals surface area contributed by atoms with E-state index in [1.54, 1.807) is 12.1 Å². The van der Waals surface area contributed by atoms with Crippen LogP contribution in [0.1, 0.15) is 24.5 Å². The highest BCUT2D eigenvalue weighted by atomic mass is 32.1. The van der Waals surface area contributed by atoms with E-state index in [2.05, 4.69) is 9.97 Å². The van der Waals surface area contributed by atoms with Gasteiger partial charge in [0, 0.05) is 23.4 Å². The molecule has 1 heterocycles. The largest absolute Gasteiger partial charge is 0.343 e. The van der Waals surface area contributed by atoms with Crippen molar-refractivity contribution in [3.63, 3.8) is 0 Å². The van der Waals surface area contributed by atoms with Gasteiger partial charge in [-0.05, 0) is 37.0 Å². The van der Waals surface area contributed by atoms with Crippen LogP contribution in [0.5, 0.6) is 0 Å². The Hall–Kier alpha value is -2.08. The van der Waals surface area contributed by atoms with Crippen molar-refractivity contribution < 1.29 is 4.92 Å². The lowest BCUT2D eigenvalue weighted by Gasteiger charge is -2.04. The number of aromatic amines is 1. The van der Waals surface area contributed by atoms with Gasteiger partial charge >= 0.3 is 0 Å². The predicted octanol–water partition coefficient (Wildman–Crippen LogP) is 3.59. The quantitative estimate of drug-likeness (QED) is 0.527. The minimum Gasteiger partial charge on any atom is -0.343 e. The number of benzene rings is 1. The lowest BCUT2D eigenvalue weighted by molar-refractivity contribution is -0.384. The fraction of sp³-hybridized carbons (Fsp3) is 0.231. The smallest absolute Gasteiger partial charge is 0.269 e. The van der Waals surface area contributed by atoms with E-state index in [1.165, 1.54) is 25.0 Å². The molecule has 3 rings (SSSR count). The zero-order valence-electron chi connectivity index (χ0n) is 10.00. The Balaban J connectivity index is 2.01. The van der Waals surface area contributed by atoms with Crippen LogP contribution in [-0.2, 0) is 0 Å². The Morgan fingerprint density at radius 3 is 2.58 bits per heavy atom. The molecule has 1 saturated carbocycles. The number of non-ortho nitro benzene ring substituents is 1. The summed E-state index contributed by atoms with van der Waals surface area (Å²) in [7, 11) is 0. The van der Waals surface area contributed by atoms with Crippen molar-refractivity contribution in [1.82, 2.24) is 9.97 Å². The highest BCUT2D eigenvalue weighted by Gasteiger charge is 2.24. The van der Waals surface area contributed by atoms with Gasteiger partial charge in [-0.15, -0.1) is 0 Å². The van der Waals surface area contributed by atoms with Crippen molar-refractivity contribution in [3.8, 4) is 11.4 Å².